The molecule has 2 N–H and O–H groups in total. The Morgan fingerprint density at radius 2 is 1.54 bits per heavy atom. The summed E-state index contributed by atoms with van der Waals surface area (Å²) in [7, 11) is -4.04. The Kier molecular flexibility index (Phi) is 9.81. The number of carbonyl (C=O) groups excluding carboxylic acids is 1. The maximum Gasteiger partial charge on any atom is 0.294 e. The molecule has 0 fully saturated rings. The molecule has 0 atom stereocenters. The van der Waals surface area contributed by atoms with Gasteiger partial charge in [-0.1, -0.05) is 48.0 Å². The van der Waals surface area contributed by atoms with E-state index >= 15 is 0 Å². The van der Waals surface area contributed by atoms with Crippen LogP contribution in [0.15, 0.2) is 51.8 Å². The largest absolute Gasteiger partial charge is 0.324 e. The van der Waals surface area contributed by atoms with Crippen molar-refractivity contribution in [3.63, 3.8) is 0 Å². The van der Waals surface area contributed by atoms with Crippen molar-refractivity contribution in [3.8, 4) is 0 Å². The van der Waals surface area contributed by atoms with Gasteiger partial charge in [-0.05, 0) is 62.3 Å². The van der Waals surface area contributed by atoms with Gasteiger partial charge in [-0.25, -0.2) is 0 Å². The lowest BCUT2D eigenvalue weighted by atomic mass is 10.1. The van der Waals surface area contributed by atoms with Gasteiger partial charge in [0.05, 0.1) is 11.4 Å². The SMILES string of the molecule is CCN(CC)CC(=O)Nc1c(C)cccc1C.O=S(=O)(O)c1ccc(Br)cc1. The number of rotatable bonds is 6. The highest BCUT2D eigenvalue weighted by atomic mass is 79.9. The second kappa shape index (κ2) is 11.3. The van der Waals surface area contributed by atoms with Crippen LogP contribution >= 0.6 is 15.9 Å². The third-order valence-electron chi connectivity index (χ3n) is 4.12. The van der Waals surface area contributed by atoms with Gasteiger partial charge in [0.15, 0.2) is 0 Å². The van der Waals surface area contributed by atoms with E-state index in [2.05, 4.69) is 40.0 Å². The first-order chi connectivity index (χ1) is 13.1. The molecule has 154 valence electrons. The topological polar surface area (TPSA) is 86.7 Å². The lowest BCUT2D eigenvalue weighted by Gasteiger charge is -2.18. The molecule has 28 heavy (non-hydrogen) atoms. The predicted molar refractivity (Wildman–Crippen MR) is 116 cm³/mol. The van der Waals surface area contributed by atoms with Crippen molar-refractivity contribution < 1.29 is 17.8 Å². The van der Waals surface area contributed by atoms with Crippen molar-refractivity contribution in [1.82, 2.24) is 4.90 Å². The van der Waals surface area contributed by atoms with Gasteiger partial charge in [0.25, 0.3) is 10.1 Å². The molecule has 1 amide bonds. The number of halogens is 1. The molecular weight excluding hydrogens is 444 g/mol. The van der Waals surface area contributed by atoms with Crippen molar-refractivity contribution in [2.24, 2.45) is 0 Å². The standard InChI is InChI=1S/C14H22N2O.C6H5BrO3S/c1-5-16(6-2)10-13(17)15-14-11(3)8-7-9-12(14)4;7-5-1-3-6(4-2-5)11(8,9)10/h7-9H,5-6,10H2,1-4H3,(H,15,17);1-4H,(H,8,9,10). The summed E-state index contributed by atoms with van der Waals surface area (Å²) in [5.74, 6) is 0.0612. The van der Waals surface area contributed by atoms with Crippen LogP contribution in [0.1, 0.15) is 25.0 Å². The van der Waals surface area contributed by atoms with E-state index in [1.807, 2.05) is 32.0 Å². The number of anilines is 1. The zero-order valence-corrected chi connectivity index (χ0v) is 19.0. The number of nitrogens with one attached hydrogen (secondary N) is 1. The van der Waals surface area contributed by atoms with Gasteiger partial charge in [-0.15, -0.1) is 0 Å². The van der Waals surface area contributed by atoms with Crippen LogP contribution in [0.3, 0.4) is 0 Å². The summed E-state index contributed by atoms with van der Waals surface area (Å²) < 4.78 is 30.3. The number of hydrogen-bond acceptors (Lipinski definition) is 4. The van der Waals surface area contributed by atoms with Crippen LogP contribution in [0, 0.1) is 13.8 Å². The average molecular weight is 471 g/mol. The summed E-state index contributed by atoms with van der Waals surface area (Å²) in [5.41, 5.74) is 3.17. The van der Waals surface area contributed by atoms with Crippen molar-refractivity contribution >= 4 is 37.6 Å². The minimum atomic E-state index is -4.04. The Hall–Kier alpha value is -1.74. The van der Waals surface area contributed by atoms with Crippen molar-refractivity contribution in [2.75, 3.05) is 25.0 Å². The molecule has 0 bridgehead atoms. The molecule has 2 aromatic carbocycles. The zero-order valence-electron chi connectivity index (χ0n) is 16.6. The van der Waals surface area contributed by atoms with Crippen molar-refractivity contribution in [2.45, 2.75) is 32.6 Å². The number of benzene rings is 2. The van der Waals surface area contributed by atoms with Gasteiger partial charge in [0.1, 0.15) is 0 Å². The van der Waals surface area contributed by atoms with Gasteiger partial charge in [0.2, 0.25) is 5.91 Å². The van der Waals surface area contributed by atoms with Gasteiger partial charge < -0.3 is 5.32 Å². The Bertz CT molecular complexity index is 859. The van der Waals surface area contributed by atoms with Crippen LogP contribution in [0.4, 0.5) is 5.69 Å². The lowest BCUT2D eigenvalue weighted by molar-refractivity contribution is -0.117. The van der Waals surface area contributed by atoms with Gasteiger partial charge >= 0.3 is 0 Å². The van der Waals surface area contributed by atoms with E-state index in [1.54, 1.807) is 12.1 Å². The Balaban J connectivity index is 0.000000307. The minimum Gasteiger partial charge on any atom is -0.324 e. The number of likely N-dealkylation sites (N-methyl/N-ethyl adjacent to an activating group) is 1. The predicted octanol–water partition coefficient (Wildman–Crippen LogP) is 4.28. The molecule has 0 spiro atoms. The van der Waals surface area contributed by atoms with Gasteiger partial charge in [-0.2, -0.15) is 8.42 Å². The Morgan fingerprint density at radius 3 is 1.96 bits per heavy atom. The maximum absolute atomic E-state index is 11.9. The van der Waals surface area contributed by atoms with E-state index in [0.717, 1.165) is 34.4 Å². The number of hydrogen-bond donors (Lipinski definition) is 2. The summed E-state index contributed by atoms with van der Waals surface area (Å²) in [6, 6.07) is 11.8. The second-order valence-electron chi connectivity index (χ2n) is 6.21. The molecule has 2 aromatic rings. The Morgan fingerprint density at radius 1 is 1.04 bits per heavy atom. The van der Waals surface area contributed by atoms with Crippen LogP contribution < -0.4 is 5.32 Å². The highest BCUT2D eigenvalue weighted by molar-refractivity contribution is 9.10. The van der Waals surface area contributed by atoms with E-state index in [1.165, 1.54) is 12.1 Å². The second-order valence-corrected chi connectivity index (χ2v) is 8.54. The third-order valence-corrected chi connectivity index (χ3v) is 5.52. The molecule has 6 nitrogen and oxygen atoms in total. The number of carbonyl (C=O) groups is 1. The minimum absolute atomic E-state index is 0.0612. The molecule has 2 rings (SSSR count). The Labute approximate surface area is 175 Å². The third kappa shape index (κ3) is 8.10. The molecule has 0 saturated carbocycles. The first kappa shape index (κ1) is 24.3. The zero-order chi connectivity index (χ0) is 21.3. The van der Waals surface area contributed by atoms with Crippen LogP contribution in [0.5, 0.6) is 0 Å². The molecule has 0 unspecified atom stereocenters. The monoisotopic (exact) mass is 470 g/mol. The van der Waals surface area contributed by atoms with E-state index in [-0.39, 0.29) is 10.8 Å². The van der Waals surface area contributed by atoms with E-state index in [9.17, 15) is 13.2 Å². The summed E-state index contributed by atoms with van der Waals surface area (Å²) >= 11 is 3.14. The smallest absolute Gasteiger partial charge is 0.294 e. The number of para-hydroxylation sites is 1. The number of aryl methyl sites for hydroxylation is 2. The molecule has 0 saturated heterocycles. The molecule has 8 heteroatoms. The highest BCUT2D eigenvalue weighted by Crippen LogP contribution is 2.19. The summed E-state index contributed by atoms with van der Waals surface area (Å²) in [6.45, 7) is 10.4. The van der Waals surface area contributed by atoms with E-state index in [0.29, 0.717) is 6.54 Å². The number of nitrogens with zero attached hydrogens (tertiary/aromatic N) is 1. The fourth-order valence-electron chi connectivity index (χ4n) is 2.45. The lowest BCUT2D eigenvalue weighted by Crippen LogP contribution is -2.33. The molecule has 0 heterocycles. The van der Waals surface area contributed by atoms with Crippen LogP contribution in [-0.2, 0) is 14.9 Å². The summed E-state index contributed by atoms with van der Waals surface area (Å²) in [5, 5.41) is 3.00. The molecule has 0 aliphatic heterocycles. The normalized spacial score (nSPS) is 11.0. The van der Waals surface area contributed by atoms with Crippen LogP contribution in [0.25, 0.3) is 0 Å². The molecule has 0 aromatic heterocycles. The van der Waals surface area contributed by atoms with Crippen molar-refractivity contribution in [3.05, 3.63) is 58.1 Å². The maximum atomic E-state index is 11.9. The highest BCUT2D eigenvalue weighted by Gasteiger charge is 2.10. The van der Waals surface area contributed by atoms with Crippen LogP contribution in [0.2, 0.25) is 0 Å². The molecule has 0 aliphatic carbocycles. The van der Waals surface area contributed by atoms with E-state index < -0.39 is 10.1 Å². The van der Waals surface area contributed by atoms with Gasteiger partial charge in [-0.3, -0.25) is 14.2 Å². The molecule has 0 aliphatic rings. The summed E-state index contributed by atoms with van der Waals surface area (Å²) in [6.07, 6.45) is 0. The quantitative estimate of drug-likeness (QED) is 0.615. The van der Waals surface area contributed by atoms with Gasteiger partial charge in [0, 0.05) is 10.2 Å². The summed E-state index contributed by atoms with van der Waals surface area (Å²) in [4.78, 5) is 13.9. The van der Waals surface area contributed by atoms with Crippen molar-refractivity contribution in [1.29, 1.82) is 0 Å². The molecule has 0 radical (unpaired) electrons. The van der Waals surface area contributed by atoms with E-state index in [4.69, 9.17) is 4.55 Å². The van der Waals surface area contributed by atoms with Crippen LogP contribution in [-0.4, -0.2) is 43.4 Å². The average Bonchev–Trinajstić information content (AvgIpc) is 2.63. The molecular formula is C20H27BrN2O4S. The fraction of sp³-hybridized carbons (Fsp3) is 0.350. The number of amides is 1. The first-order valence-electron chi connectivity index (χ1n) is 8.89. The first-order valence-corrected chi connectivity index (χ1v) is 11.1. The fourth-order valence-corrected chi connectivity index (χ4v) is 3.19.